The summed E-state index contributed by atoms with van der Waals surface area (Å²) in [5.41, 5.74) is 0.149. The van der Waals surface area contributed by atoms with Gasteiger partial charge in [-0.2, -0.15) is 0 Å². The lowest BCUT2D eigenvalue weighted by atomic mass is 9.62. The number of carbonyl (C=O) groups is 1. The van der Waals surface area contributed by atoms with Gasteiger partial charge >= 0.3 is 0 Å². The lowest BCUT2D eigenvalue weighted by molar-refractivity contribution is -0.130. The quantitative estimate of drug-likeness (QED) is 0.537. The molecule has 2 aliphatic carbocycles. The molecular weight excluding hydrogens is 280 g/mol. The van der Waals surface area contributed by atoms with Gasteiger partial charge in [0.2, 0.25) is 0 Å². The molecule has 2 saturated carbocycles. The van der Waals surface area contributed by atoms with Gasteiger partial charge in [0.25, 0.3) is 0 Å². The fourth-order valence-corrected chi connectivity index (χ4v) is 5.09. The molecule has 2 fully saturated rings. The van der Waals surface area contributed by atoms with Gasteiger partial charge in [-0.15, -0.1) is 0 Å². The van der Waals surface area contributed by atoms with E-state index in [2.05, 4.69) is 40.6 Å². The molecule has 2 unspecified atom stereocenters. The van der Waals surface area contributed by atoms with Crippen molar-refractivity contribution >= 4 is 18.7 Å². The minimum Gasteiger partial charge on any atom is -0.313 e. The molecule has 0 aromatic rings. The van der Waals surface area contributed by atoms with E-state index < -0.39 is 0 Å². The zero-order valence-electron chi connectivity index (χ0n) is 14.2. The number of Topliss-reactive ketones (excluding diaryl/α,β-unsaturated/α-hetero) is 1. The van der Waals surface area contributed by atoms with E-state index in [9.17, 15) is 4.79 Å². The number of thiol groups is 1. The zero-order chi connectivity index (χ0) is 15.7. The van der Waals surface area contributed by atoms with Gasteiger partial charge in [-0.1, -0.05) is 26.7 Å². The van der Waals surface area contributed by atoms with E-state index in [-0.39, 0.29) is 11.0 Å². The Morgan fingerprint density at radius 3 is 2.81 bits per heavy atom. The minimum absolute atomic E-state index is 0.133. The zero-order valence-corrected chi connectivity index (χ0v) is 15.0. The Kier molecular flexibility index (Phi) is 5.46. The topological polar surface area (TPSA) is 26.3 Å². The monoisotopic (exact) mass is 312 g/mol. The number of rotatable bonds is 6. The second-order valence-electron chi connectivity index (χ2n) is 8.28. The van der Waals surface area contributed by atoms with Gasteiger partial charge in [0.1, 0.15) is 5.78 Å². The highest BCUT2D eigenvalue weighted by Crippen LogP contribution is 2.57. The van der Waals surface area contributed by atoms with Crippen LogP contribution in [0.15, 0.2) is 0 Å². The molecule has 0 amide bonds. The van der Waals surface area contributed by atoms with Crippen molar-refractivity contribution in [3.8, 4) is 0 Å². The second kappa shape index (κ2) is 6.62. The molecular formula is C18H32O2S. The van der Waals surface area contributed by atoms with Gasteiger partial charge < -0.3 is 4.18 Å². The van der Waals surface area contributed by atoms with Crippen molar-refractivity contribution in [2.75, 3.05) is 0 Å². The third kappa shape index (κ3) is 3.67. The molecule has 0 N–H and O–H groups in total. The third-order valence-corrected chi connectivity index (χ3v) is 6.80. The molecule has 2 nitrogen and oxygen atoms in total. The van der Waals surface area contributed by atoms with Crippen molar-refractivity contribution in [3.63, 3.8) is 0 Å². The van der Waals surface area contributed by atoms with E-state index in [1.54, 1.807) is 0 Å². The fourth-order valence-electron chi connectivity index (χ4n) is 5.00. The van der Waals surface area contributed by atoms with E-state index >= 15 is 0 Å². The van der Waals surface area contributed by atoms with Crippen molar-refractivity contribution < 1.29 is 8.98 Å². The number of carbonyl (C=O) groups excluding carboxylic acids is 1. The van der Waals surface area contributed by atoms with Gasteiger partial charge in [0.15, 0.2) is 0 Å². The van der Waals surface area contributed by atoms with Crippen LogP contribution in [0.25, 0.3) is 0 Å². The molecule has 0 radical (unpaired) electrons. The molecule has 2 rings (SSSR count). The summed E-state index contributed by atoms with van der Waals surface area (Å²) in [6.45, 7) is 8.98. The highest BCUT2D eigenvalue weighted by Gasteiger charge is 2.52. The Morgan fingerprint density at radius 2 is 2.14 bits per heavy atom. The Hall–Kier alpha value is -0.0200. The van der Waals surface area contributed by atoms with E-state index in [1.165, 1.54) is 25.7 Å². The van der Waals surface area contributed by atoms with Gasteiger partial charge in [0.05, 0.1) is 5.60 Å². The van der Waals surface area contributed by atoms with Crippen LogP contribution in [0.3, 0.4) is 0 Å². The first kappa shape index (κ1) is 17.3. The van der Waals surface area contributed by atoms with Crippen molar-refractivity contribution in [1.29, 1.82) is 0 Å². The average Bonchev–Trinajstić information content (AvgIpc) is 2.77. The second-order valence-corrected chi connectivity index (χ2v) is 8.47. The summed E-state index contributed by atoms with van der Waals surface area (Å²) >= 11 is 3.96. The maximum absolute atomic E-state index is 12.2. The largest absolute Gasteiger partial charge is 0.313 e. The average molecular weight is 313 g/mol. The standard InChI is InChI=1S/C18H32O2S/c1-13(7-5-11-17(2,3)20-21)14-9-10-15-16(19)8-6-12-18(14,15)4/h13-15,21H,5-12H2,1-4H3/t13-,14?,15?,18-/m1/s1. The van der Waals surface area contributed by atoms with E-state index in [0.717, 1.165) is 31.6 Å². The van der Waals surface area contributed by atoms with Crippen molar-refractivity contribution in [3.05, 3.63) is 0 Å². The van der Waals surface area contributed by atoms with E-state index in [0.29, 0.717) is 17.6 Å². The lowest BCUT2D eigenvalue weighted by Gasteiger charge is -2.42. The smallest absolute Gasteiger partial charge is 0.136 e. The molecule has 4 atom stereocenters. The van der Waals surface area contributed by atoms with Gasteiger partial charge in [-0.05, 0) is 76.1 Å². The van der Waals surface area contributed by atoms with Crippen LogP contribution in [-0.2, 0) is 8.98 Å². The molecule has 2 aliphatic rings. The summed E-state index contributed by atoms with van der Waals surface area (Å²) in [7, 11) is 0. The third-order valence-electron chi connectivity index (χ3n) is 6.31. The summed E-state index contributed by atoms with van der Waals surface area (Å²) in [6, 6.07) is 0. The SMILES string of the molecule is C[C@H](CCCC(C)(C)OS)C1CCC2C(=O)CCC[C@@]21C. The Bertz CT molecular complexity index is 379. The van der Waals surface area contributed by atoms with Crippen molar-refractivity contribution in [2.24, 2.45) is 23.2 Å². The normalized spacial score (nSPS) is 34.8. The molecule has 0 heterocycles. The Labute approximate surface area is 136 Å². The predicted molar refractivity (Wildman–Crippen MR) is 90.3 cm³/mol. The van der Waals surface area contributed by atoms with Crippen LogP contribution in [0.4, 0.5) is 0 Å². The molecule has 3 heteroatoms. The van der Waals surface area contributed by atoms with Crippen LogP contribution in [0.2, 0.25) is 0 Å². The first-order valence-electron chi connectivity index (χ1n) is 8.65. The molecule has 0 aromatic heterocycles. The lowest BCUT2D eigenvalue weighted by Crippen LogP contribution is -2.39. The number of fused-ring (bicyclic) bond motifs is 1. The summed E-state index contributed by atoms with van der Waals surface area (Å²) in [4.78, 5) is 12.2. The van der Waals surface area contributed by atoms with Crippen LogP contribution in [-0.4, -0.2) is 11.4 Å². The van der Waals surface area contributed by atoms with E-state index in [4.69, 9.17) is 4.18 Å². The number of hydrogen-bond acceptors (Lipinski definition) is 3. The molecule has 21 heavy (non-hydrogen) atoms. The highest BCUT2D eigenvalue weighted by molar-refractivity contribution is 7.75. The Morgan fingerprint density at radius 1 is 1.43 bits per heavy atom. The first-order chi connectivity index (χ1) is 9.80. The van der Waals surface area contributed by atoms with E-state index in [1.807, 2.05) is 0 Å². The summed E-state index contributed by atoms with van der Waals surface area (Å²) in [5.74, 6) is 2.34. The molecule has 0 aromatic carbocycles. The van der Waals surface area contributed by atoms with Crippen LogP contribution in [0.5, 0.6) is 0 Å². The molecule has 0 bridgehead atoms. The first-order valence-corrected chi connectivity index (χ1v) is 9.02. The van der Waals surface area contributed by atoms with Gasteiger partial charge in [0, 0.05) is 12.3 Å². The van der Waals surface area contributed by atoms with Crippen LogP contribution in [0.1, 0.15) is 79.1 Å². The van der Waals surface area contributed by atoms with Crippen molar-refractivity contribution in [1.82, 2.24) is 0 Å². The van der Waals surface area contributed by atoms with Gasteiger partial charge in [-0.25, -0.2) is 0 Å². The fraction of sp³-hybridized carbons (Fsp3) is 0.944. The van der Waals surface area contributed by atoms with Crippen molar-refractivity contribution in [2.45, 2.75) is 84.7 Å². The van der Waals surface area contributed by atoms with Crippen LogP contribution >= 0.6 is 12.9 Å². The molecule has 122 valence electrons. The summed E-state index contributed by atoms with van der Waals surface area (Å²) < 4.78 is 5.21. The maximum atomic E-state index is 12.2. The number of ketones is 1. The van der Waals surface area contributed by atoms with Gasteiger partial charge in [-0.3, -0.25) is 4.79 Å². The minimum atomic E-state index is -0.133. The summed E-state index contributed by atoms with van der Waals surface area (Å²) in [6.07, 6.45) is 9.04. The molecule has 0 saturated heterocycles. The molecule has 0 aliphatic heterocycles. The molecule has 0 spiro atoms. The number of hydrogen-bond donors (Lipinski definition) is 1. The van der Waals surface area contributed by atoms with Crippen LogP contribution in [0, 0.1) is 23.2 Å². The summed E-state index contributed by atoms with van der Waals surface area (Å²) in [5, 5.41) is 0. The van der Waals surface area contributed by atoms with Crippen LogP contribution < -0.4 is 0 Å². The Balaban J connectivity index is 1.91. The highest BCUT2D eigenvalue weighted by atomic mass is 32.1. The predicted octanol–water partition coefficient (Wildman–Crippen LogP) is 5.22. The maximum Gasteiger partial charge on any atom is 0.136 e.